The number of hydrogen-bond acceptors (Lipinski definition) is 3. The molecular formula is C17H16N2O3. The lowest BCUT2D eigenvalue weighted by atomic mass is 10.1. The van der Waals surface area contributed by atoms with Crippen LogP contribution in [0.4, 0.5) is 0 Å². The maximum Gasteiger partial charge on any atom is 0.251 e. The van der Waals surface area contributed by atoms with Crippen molar-refractivity contribution in [1.29, 1.82) is 0 Å². The molecule has 5 nitrogen and oxygen atoms in total. The standard InChI is InChI=1S/C17H16N2O3/c20-14-8-13(9-15(21)10-14)17(22)19-5-3-11-1-2-16-12(7-11)4-6-18-16/h1-2,4,6-10,18,20-21H,3,5H2,(H,19,22). The molecule has 1 heterocycles. The third-order valence-corrected chi connectivity index (χ3v) is 3.48. The van der Waals surface area contributed by atoms with E-state index in [1.165, 1.54) is 18.2 Å². The molecule has 0 unspecified atom stereocenters. The summed E-state index contributed by atoms with van der Waals surface area (Å²) in [6.07, 6.45) is 2.60. The lowest BCUT2D eigenvalue weighted by Crippen LogP contribution is -2.25. The highest BCUT2D eigenvalue weighted by Gasteiger charge is 2.08. The Kier molecular flexibility index (Phi) is 3.70. The van der Waals surface area contributed by atoms with Crippen molar-refractivity contribution >= 4 is 16.8 Å². The van der Waals surface area contributed by atoms with Crippen LogP contribution in [-0.4, -0.2) is 27.6 Å². The summed E-state index contributed by atoms with van der Waals surface area (Å²) in [5.41, 5.74) is 2.45. The molecule has 0 aliphatic carbocycles. The molecule has 112 valence electrons. The third-order valence-electron chi connectivity index (χ3n) is 3.48. The van der Waals surface area contributed by atoms with Crippen molar-refractivity contribution in [2.24, 2.45) is 0 Å². The molecule has 2 aromatic carbocycles. The van der Waals surface area contributed by atoms with Gasteiger partial charge in [-0.3, -0.25) is 4.79 Å². The second-order valence-electron chi connectivity index (χ2n) is 5.14. The second kappa shape index (κ2) is 5.81. The summed E-state index contributed by atoms with van der Waals surface area (Å²) in [5.74, 6) is -0.597. The van der Waals surface area contributed by atoms with Crippen LogP contribution >= 0.6 is 0 Å². The molecule has 4 N–H and O–H groups in total. The molecule has 3 aromatic rings. The number of hydrogen-bond donors (Lipinski definition) is 4. The van der Waals surface area contributed by atoms with E-state index in [1.54, 1.807) is 0 Å². The summed E-state index contributed by atoms with van der Waals surface area (Å²) in [6.45, 7) is 0.477. The lowest BCUT2D eigenvalue weighted by Gasteiger charge is -2.07. The minimum Gasteiger partial charge on any atom is -0.508 e. The zero-order chi connectivity index (χ0) is 15.5. The van der Waals surface area contributed by atoms with E-state index >= 15 is 0 Å². The van der Waals surface area contributed by atoms with Gasteiger partial charge in [-0.25, -0.2) is 0 Å². The highest BCUT2D eigenvalue weighted by Crippen LogP contribution is 2.20. The molecule has 0 aliphatic heterocycles. The van der Waals surface area contributed by atoms with E-state index < -0.39 is 0 Å². The van der Waals surface area contributed by atoms with Gasteiger partial charge in [-0.05, 0) is 47.7 Å². The normalized spacial score (nSPS) is 10.7. The van der Waals surface area contributed by atoms with Crippen molar-refractivity contribution in [3.05, 3.63) is 59.8 Å². The van der Waals surface area contributed by atoms with E-state index in [2.05, 4.69) is 16.4 Å². The number of nitrogens with one attached hydrogen (secondary N) is 2. The molecule has 0 bridgehead atoms. The van der Waals surface area contributed by atoms with Crippen molar-refractivity contribution in [1.82, 2.24) is 10.3 Å². The summed E-state index contributed by atoms with van der Waals surface area (Å²) in [5, 5.41) is 22.7. The summed E-state index contributed by atoms with van der Waals surface area (Å²) >= 11 is 0. The van der Waals surface area contributed by atoms with Crippen molar-refractivity contribution in [2.75, 3.05) is 6.54 Å². The number of phenols is 2. The zero-order valence-corrected chi connectivity index (χ0v) is 11.8. The molecule has 0 fully saturated rings. The predicted octanol–water partition coefficient (Wildman–Crippen LogP) is 2.55. The van der Waals surface area contributed by atoms with Gasteiger partial charge in [-0.2, -0.15) is 0 Å². The number of rotatable bonds is 4. The monoisotopic (exact) mass is 296 g/mol. The van der Waals surface area contributed by atoms with Crippen molar-refractivity contribution in [2.45, 2.75) is 6.42 Å². The minimum absolute atomic E-state index is 0.136. The molecule has 0 radical (unpaired) electrons. The average molecular weight is 296 g/mol. The zero-order valence-electron chi connectivity index (χ0n) is 11.8. The van der Waals surface area contributed by atoms with Gasteiger partial charge in [0, 0.05) is 29.9 Å². The lowest BCUT2D eigenvalue weighted by molar-refractivity contribution is 0.0953. The fourth-order valence-corrected chi connectivity index (χ4v) is 2.41. The first-order chi connectivity index (χ1) is 10.6. The highest BCUT2D eigenvalue weighted by molar-refractivity contribution is 5.95. The smallest absolute Gasteiger partial charge is 0.251 e. The Labute approximate surface area is 127 Å². The van der Waals surface area contributed by atoms with Crippen molar-refractivity contribution in [3.63, 3.8) is 0 Å². The summed E-state index contributed by atoms with van der Waals surface area (Å²) in [4.78, 5) is 15.1. The molecule has 0 saturated carbocycles. The number of aromatic amines is 1. The molecule has 1 amide bonds. The van der Waals surface area contributed by atoms with Crippen LogP contribution in [0.1, 0.15) is 15.9 Å². The molecular weight excluding hydrogens is 280 g/mol. The van der Waals surface area contributed by atoms with Crippen LogP contribution in [0.15, 0.2) is 48.7 Å². The SMILES string of the molecule is O=C(NCCc1ccc2[nH]ccc2c1)c1cc(O)cc(O)c1. The number of benzene rings is 2. The Morgan fingerprint density at radius 1 is 1.05 bits per heavy atom. The van der Waals surface area contributed by atoms with Crippen LogP contribution in [0.2, 0.25) is 0 Å². The first-order valence-corrected chi connectivity index (χ1v) is 6.99. The maximum atomic E-state index is 12.0. The average Bonchev–Trinajstić information content (AvgIpc) is 2.93. The van der Waals surface area contributed by atoms with Gasteiger partial charge in [0.25, 0.3) is 5.91 Å². The number of phenolic OH excluding ortho intramolecular Hbond substituents is 2. The van der Waals surface area contributed by atoms with E-state index in [9.17, 15) is 15.0 Å². The molecule has 0 aliphatic rings. The Morgan fingerprint density at radius 2 is 1.82 bits per heavy atom. The predicted molar refractivity (Wildman–Crippen MR) is 84.1 cm³/mol. The molecule has 0 atom stereocenters. The molecule has 1 aromatic heterocycles. The number of carbonyl (C=O) groups is 1. The number of carbonyl (C=O) groups excluding carboxylic acids is 1. The van der Waals surface area contributed by atoms with E-state index in [4.69, 9.17) is 0 Å². The second-order valence-corrected chi connectivity index (χ2v) is 5.14. The summed E-state index contributed by atoms with van der Waals surface area (Å²) in [6, 6.07) is 11.9. The minimum atomic E-state index is -0.325. The Bertz CT molecular complexity index is 803. The summed E-state index contributed by atoms with van der Waals surface area (Å²) in [7, 11) is 0. The van der Waals surface area contributed by atoms with Crippen LogP contribution in [-0.2, 0) is 6.42 Å². The van der Waals surface area contributed by atoms with Crippen molar-refractivity contribution in [3.8, 4) is 11.5 Å². The van der Waals surface area contributed by atoms with Crippen LogP contribution < -0.4 is 5.32 Å². The highest BCUT2D eigenvalue weighted by atomic mass is 16.3. The number of H-pyrrole nitrogens is 1. The van der Waals surface area contributed by atoms with Gasteiger partial charge in [0.2, 0.25) is 0 Å². The number of fused-ring (bicyclic) bond motifs is 1. The Balaban J connectivity index is 1.61. The quantitative estimate of drug-likeness (QED) is 0.597. The van der Waals surface area contributed by atoms with E-state index in [1.807, 2.05) is 24.4 Å². The molecule has 0 saturated heterocycles. The van der Waals surface area contributed by atoms with Crippen LogP contribution in [0, 0.1) is 0 Å². The Morgan fingerprint density at radius 3 is 2.59 bits per heavy atom. The number of aromatic nitrogens is 1. The van der Waals surface area contributed by atoms with Gasteiger partial charge in [0.15, 0.2) is 0 Å². The van der Waals surface area contributed by atoms with Gasteiger partial charge >= 0.3 is 0 Å². The van der Waals surface area contributed by atoms with Gasteiger partial charge in [-0.15, -0.1) is 0 Å². The van der Waals surface area contributed by atoms with E-state index in [0.29, 0.717) is 13.0 Å². The molecule has 5 heteroatoms. The largest absolute Gasteiger partial charge is 0.508 e. The fraction of sp³-hybridized carbons (Fsp3) is 0.118. The fourth-order valence-electron chi connectivity index (χ4n) is 2.41. The van der Waals surface area contributed by atoms with E-state index in [-0.39, 0.29) is 23.0 Å². The Hall–Kier alpha value is -2.95. The van der Waals surface area contributed by atoms with Gasteiger partial charge in [0.05, 0.1) is 0 Å². The molecule has 22 heavy (non-hydrogen) atoms. The van der Waals surface area contributed by atoms with Gasteiger partial charge < -0.3 is 20.5 Å². The molecule has 0 spiro atoms. The maximum absolute atomic E-state index is 12.0. The van der Waals surface area contributed by atoms with Crippen LogP contribution in [0.3, 0.4) is 0 Å². The topological polar surface area (TPSA) is 85.4 Å². The first kappa shape index (κ1) is 14.0. The molecule has 3 rings (SSSR count). The van der Waals surface area contributed by atoms with Gasteiger partial charge in [-0.1, -0.05) is 6.07 Å². The van der Waals surface area contributed by atoms with Crippen LogP contribution in [0.5, 0.6) is 11.5 Å². The first-order valence-electron chi connectivity index (χ1n) is 6.99. The van der Waals surface area contributed by atoms with E-state index in [0.717, 1.165) is 16.5 Å². The summed E-state index contributed by atoms with van der Waals surface area (Å²) < 4.78 is 0. The van der Waals surface area contributed by atoms with Crippen molar-refractivity contribution < 1.29 is 15.0 Å². The van der Waals surface area contributed by atoms with Gasteiger partial charge in [0.1, 0.15) is 11.5 Å². The number of aromatic hydroxyl groups is 2. The number of amides is 1. The third kappa shape index (κ3) is 3.03. The van der Waals surface area contributed by atoms with Crippen LogP contribution in [0.25, 0.3) is 10.9 Å².